The number of likely N-dealkylation sites (tertiary alicyclic amines) is 1. The minimum atomic E-state index is -0.723. The van der Waals surface area contributed by atoms with Crippen LogP contribution in [-0.4, -0.2) is 38.8 Å². The second-order valence-corrected chi connectivity index (χ2v) is 7.19. The van der Waals surface area contributed by atoms with E-state index in [4.69, 9.17) is 0 Å². The molecule has 5 nitrogen and oxygen atoms in total. The van der Waals surface area contributed by atoms with Gasteiger partial charge in [0, 0.05) is 38.3 Å². The number of nitrogens with zero attached hydrogens (tertiary/aromatic N) is 3. The van der Waals surface area contributed by atoms with Crippen LogP contribution in [0.5, 0.6) is 0 Å². The second kappa shape index (κ2) is 6.57. The van der Waals surface area contributed by atoms with Gasteiger partial charge in [-0.15, -0.1) is 0 Å². The molecule has 0 saturated carbocycles. The summed E-state index contributed by atoms with van der Waals surface area (Å²) in [5.41, 5.74) is 3.35. The zero-order chi connectivity index (χ0) is 18.3. The summed E-state index contributed by atoms with van der Waals surface area (Å²) >= 11 is 0. The molecule has 1 fully saturated rings. The highest BCUT2D eigenvalue weighted by molar-refractivity contribution is 5.85. The first-order chi connectivity index (χ1) is 12.5. The third-order valence-corrected chi connectivity index (χ3v) is 5.66. The first-order valence-corrected chi connectivity index (χ1v) is 8.95. The maximum Gasteiger partial charge on any atom is 0.308 e. The second-order valence-electron chi connectivity index (χ2n) is 7.19. The molecule has 1 aliphatic rings. The smallest absolute Gasteiger partial charge is 0.308 e. The standard InChI is InChI=1S/C21H23N3O2/c1-14-18(10-22-23(14)2)19-12-24(13-20(19)21(25)26)11-16-8-5-7-15-6-3-4-9-17(15)16/h3-10,19-20H,11-13H2,1-2H3,(H,25,26)/t19-,20+/m1/s1. The lowest BCUT2D eigenvalue weighted by Crippen LogP contribution is -2.23. The number of hydrogen-bond donors (Lipinski definition) is 1. The van der Waals surface area contributed by atoms with Crippen molar-refractivity contribution in [2.45, 2.75) is 19.4 Å². The van der Waals surface area contributed by atoms with E-state index in [0.29, 0.717) is 6.54 Å². The summed E-state index contributed by atoms with van der Waals surface area (Å²) in [5, 5.41) is 16.5. The molecule has 1 saturated heterocycles. The molecule has 0 radical (unpaired) electrons. The first-order valence-electron chi connectivity index (χ1n) is 8.95. The van der Waals surface area contributed by atoms with E-state index < -0.39 is 11.9 Å². The summed E-state index contributed by atoms with van der Waals surface area (Å²) < 4.78 is 1.82. The van der Waals surface area contributed by atoms with Crippen LogP contribution in [0.2, 0.25) is 0 Å². The maximum atomic E-state index is 11.9. The van der Waals surface area contributed by atoms with Crippen LogP contribution in [0.4, 0.5) is 0 Å². The molecule has 5 heteroatoms. The molecule has 2 atom stereocenters. The van der Waals surface area contributed by atoms with Gasteiger partial charge in [0.1, 0.15) is 0 Å². The average Bonchev–Trinajstić information content (AvgIpc) is 3.19. The zero-order valence-electron chi connectivity index (χ0n) is 15.1. The van der Waals surface area contributed by atoms with Crippen molar-refractivity contribution in [3.63, 3.8) is 0 Å². The van der Waals surface area contributed by atoms with Crippen molar-refractivity contribution in [2.75, 3.05) is 13.1 Å². The topological polar surface area (TPSA) is 58.4 Å². The van der Waals surface area contributed by atoms with Crippen molar-refractivity contribution in [1.29, 1.82) is 0 Å². The highest BCUT2D eigenvalue weighted by atomic mass is 16.4. The van der Waals surface area contributed by atoms with Crippen LogP contribution in [0.3, 0.4) is 0 Å². The molecule has 0 bridgehead atoms. The Labute approximate surface area is 152 Å². The molecule has 0 unspecified atom stereocenters. The van der Waals surface area contributed by atoms with Crippen molar-refractivity contribution in [2.24, 2.45) is 13.0 Å². The fourth-order valence-electron chi connectivity index (χ4n) is 4.13. The van der Waals surface area contributed by atoms with E-state index >= 15 is 0 Å². The van der Waals surface area contributed by atoms with Crippen LogP contribution in [0, 0.1) is 12.8 Å². The number of hydrogen-bond acceptors (Lipinski definition) is 3. The van der Waals surface area contributed by atoms with Crippen LogP contribution in [-0.2, 0) is 18.4 Å². The lowest BCUT2D eigenvalue weighted by molar-refractivity contribution is -0.141. The summed E-state index contributed by atoms with van der Waals surface area (Å²) in [6.07, 6.45) is 1.83. The third-order valence-electron chi connectivity index (χ3n) is 5.66. The molecule has 0 aliphatic carbocycles. The van der Waals surface area contributed by atoms with Crippen LogP contribution >= 0.6 is 0 Å². The van der Waals surface area contributed by atoms with E-state index in [-0.39, 0.29) is 5.92 Å². The summed E-state index contributed by atoms with van der Waals surface area (Å²) in [5.74, 6) is -1.14. The predicted molar refractivity (Wildman–Crippen MR) is 101 cm³/mol. The maximum absolute atomic E-state index is 11.9. The van der Waals surface area contributed by atoms with Gasteiger partial charge in [-0.2, -0.15) is 5.10 Å². The Balaban J connectivity index is 1.62. The molecule has 134 valence electrons. The van der Waals surface area contributed by atoms with Crippen molar-refractivity contribution in [1.82, 2.24) is 14.7 Å². The Morgan fingerprint density at radius 1 is 1.19 bits per heavy atom. The lowest BCUT2D eigenvalue weighted by atomic mass is 9.89. The predicted octanol–water partition coefficient (Wildman–Crippen LogP) is 3.18. The molecule has 0 amide bonds. The minimum Gasteiger partial charge on any atom is -0.481 e. The molecular formula is C21H23N3O2. The van der Waals surface area contributed by atoms with Crippen molar-refractivity contribution in [3.05, 3.63) is 65.5 Å². The fraction of sp³-hybridized carbons (Fsp3) is 0.333. The van der Waals surface area contributed by atoms with Crippen molar-refractivity contribution >= 4 is 16.7 Å². The van der Waals surface area contributed by atoms with Gasteiger partial charge in [0.15, 0.2) is 0 Å². The van der Waals surface area contributed by atoms with E-state index in [0.717, 1.165) is 24.3 Å². The van der Waals surface area contributed by atoms with Gasteiger partial charge in [-0.05, 0) is 28.8 Å². The number of aryl methyl sites for hydroxylation is 1. The number of benzene rings is 2. The molecule has 4 rings (SSSR count). The highest BCUT2D eigenvalue weighted by Gasteiger charge is 2.39. The Bertz CT molecular complexity index is 958. The van der Waals surface area contributed by atoms with Crippen molar-refractivity contribution in [3.8, 4) is 0 Å². The molecule has 1 N–H and O–H groups in total. The molecular weight excluding hydrogens is 326 g/mol. The van der Waals surface area contributed by atoms with Gasteiger partial charge in [-0.1, -0.05) is 42.5 Å². The van der Waals surface area contributed by atoms with Crippen LogP contribution in [0.1, 0.15) is 22.7 Å². The van der Waals surface area contributed by atoms with E-state index in [2.05, 4.69) is 46.4 Å². The van der Waals surface area contributed by atoms with Gasteiger partial charge in [-0.3, -0.25) is 14.4 Å². The van der Waals surface area contributed by atoms with Gasteiger partial charge in [-0.25, -0.2) is 0 Å². The van der Waals surface area contributed by atoms with E-state index in [9.17, 15) is 9.90 Å². The summed E-state index contributed by atoms with van der Waals surface area (Å²) in [7, 11) is 1.90. The highest BCUT2D eigenvalue weighted by Crippen LogP contribution is 2.35. The molecule has 0 spiro atoms. The fourth-order valence-corrected chi connectivity index (χ4v) is 4.13. The summed E-state index contributed by atoms with van der Waals surface area (Å²) in [4.78, 5) is 14.1. The molecule has 26 heavy (non-hydrogen) atoms. The normalized spacial score (nSPS) is 20.7. The van der Waals surface area contributed by atoms with Gasteiger partial charge in [0.05, 0.1) is 12.1 Å². The zero-order valence-corrected chi connectivity index (χ0v) is 15.1. The Kier molecular flexibility index (Phi) is 4.24. The molecule has 3 aromatic rings. The molecule has 1 aliphatic heterocycles. The minimum absolute atomic E-state index is 0.0174. The van der Waals surface area contributed by atoms with E-state index in [1.165, 1.54) is 16.3 Å². The van der Waals surface area contributed by atoms with E-state index in [1.54, 1.807) is 0 Å². The quantitative estimate of drug-likeness (QED) is 0.786. The van der Waals surface area contributed by atoms with Gasteiger partial charge in [0.25, 0.3) is 0 Å². The average molecular weight is 349 g/mol. The number of rotatable bonds is 4. The Morgan fingerprint density at radius 2 is 1.96 bits per heavy atom. The van der Waals surface area contributed by atoms with Gasteiger partial charge in [0.2, 0.25) is 0 Å². The van der Waals surface area contributed by atoms with Crippen LogP contribution in [0.25, 0.3) is 10.8 Å². The van der Waals surface area contributed by atoms with Crippen molar-refractivity contribution < 1.29 is 9.90 Å². The monoisotopic (exact) mass is 349 g/mol. The third kappa shape index (κ3) is 2.88. The van der Waals surface area contributed by atoms with Gasteiger partial charge >= 0.3 is 5.97 Å². The number of fused-ring (bicyclic) bond motifs is 1. The number of aromatic nitrogens is 2. The van der Waals surface area contributed by atoms with Gasteiger partial charge < -0.3 is 5.11 Å². The molecule has 2 heterocycles. The first kappa shape index (κ1) is 16.8. The van der Waals surface area contributed by atoms with E-state index in [1.807, 2.05) is 30.9 Å². The van der Waals surface area contributed by atoms with Crippen LogP contribution < -0.4 is 0 Å². The molecule has 2 aromatic carbocycles. The Hall–Kier alpha value is -2.66. The number of carbonyl (C=O) groups is 1. The van der Waals surface area contributed by atoms with Crippen LogP contribution in [0.15, 0.2) is 48.7 Å². The Morgan fingerprint density at radius 3 is 2.69 bits per heavy atom. The summed E-state index contributed by atoms with van der Waals surface area (Å²) in [6.45, 7) is 4.08. The number of carboxylic acid groups (broad SMARTS) is 1. The largest absolute Gasteiger partial charge is 0.481 e. The number of aliphatic carboxylic acids is 1. The summed E-state index contributed by atoms with van der Waals surface area (Å²) in [6, 6.07) is 14.7. The molecule has 1 aromatic heterocycles. The number of carboxylic acids is 1. The SMILES string of the molecule is Cc1c([C@H]2CN(Cc3cccc4ccccc34)C[C@@H]2C(=O)O)cnn1C. The lowest BCUT2D eigenvalue weighted by Gasteiger charge is -2.17.